The van der Waals surface area contributed by atoms with Gasteiger partial charge in [-0.2, -0.15) is 10.1 Å². The zero-order valence-corrected chi connectivity index (χ0v) is 18.5. The summed E-state index contributed by atoms with van der Waals surface area (Å²) in [7, 11) is 0. The number of halogens is 1. The van der Waals surface area contributed by atoms with Gasteiger partial charge in [0.25, 0.3) is 0 Å². The minimum absolute atomic E-state index is 0.0147. The first kappa shape index (κ1) is 20.3. The molecule has 0 radical (unpaired) electrons. The molecule has 2 aromatic heterocycles. The second-order valence-corrected chi connectivity index (χ2v) is 8.57. The normalized spacial score (nSPS) is 13.3. The minimum Gasteiger partial charge on any atom is -0.354 e. The Bertz CT molecular complexity index is 1030. The highest BCUT2D eigenvalue weighted by Crippen LogP contribution is 2.39. The van der Waals surface area contributed by atoms with Gasteiger partial charge in [0.2, 0.25) is 11.9 Å². The van der Waals surface area contributed by atoms with Gasteiger partial charge in [0, 0.05) is 35.6 Å². The molecule has 1 aliphatic carbocycles. The summed E-state index contributed by atoms with van der Waals surface area (Å²) in [5.74, 6) is 2.44. The first-order valence-corrected chi connectivity index (χ1v) is 10.8. The molecule has 3 aromatic rings. The fourth-order valence-corrected chi connectivity index (χ4v) is 3.32. The zero-order valence-electron chi connectivity index (χ0n) is 16.9. The Hall–Kier alpha value is -2.94. The number of hydrogen-bond acceptors (Lipinski definition) is 6. The number of anilines is 4. The maximum absolute atomic E-state index is 11.9. The topological polar surface area (TPSA) is 108 Å². The maximum Gasteiger partial charge on any atom is 0.229 e. The summed E-state index contributed by atoms with van der Waals surface area (Å²) in [6.07, 6.45) is 4.48. The van der Waals surface area contributed by atoms with E-state index in [1.165, 1.54) is 12.8 Å². The SMILES string of the molecule is CC(C)NC(=O)Cc1ccc(Nc2ncc(Br)c(Nc3cc(C4CC4)[nH]n3)n2)cc1. The predicted molar refractivity (Wildman–Crippen MR) is 120 cm³/mol. The van der Waals surface area contributed by atoms with E-state index in [0.717, 1.165) is 27.2 Å². The maximum atomic E-state index is 11.9. The molecule has 2 heterocycles. The molecule has 156 valence electrons. The lowest BCUT2D eigenvalue weighted by Gasteiger charge is -2.10. The Morgan fingerprint density at radius 2 is 2.00 bits per heavy atom. The number of carbonyl (C=O) groups excluding carboxylic acids is 1. The van der Waals surface area contributed by atoms with Gasteiger partial charge < -0.3 is 16.0 Å². The van der Waals surface area contributed by atoms with Gasteiger partial charge in [-0.25, -0.2) is 4.98 Å². The molecule has 1 aromatic carbocycles. The second kappa shape index (κ2) is 8.83. The van der Waals surface area contributed by atoms with E-state index in [1.54, 1.807) is 6.20 Å². The highest BCUT2D eigenvalue weighted by atomic mass is 79.9. The highest BCUT2D eigenvalue weighted by Gasteiger charge is 2.25. The molecule has 0 atom stereocenters. The molecule has 0 aliphatic heterocycles. The van der Waals surface area contributed by atoms with Crippen molar-refractivity contribution in [3.05, 3.63) is 52.3 Å². The number of benzene rings is 1. The van der Waals surface area contributed by atoms with E-state index in [9.17, 15) is 4.79 Å². The van der Waals surface area contributed by atoms with Crippen LogP contribution in [0.15, 0.2) is 41.0 Å². The summed E-state index contributed by atoms with van der Waals surface area (Å²) >= 11 is 3.48. The number of carbonyl (C=O) groups is 1. The van der Waals surface area contributed by atoms with Gasteiger partial charge in [-0.15, -0.1) is 0 Å². The summed E-state index contributed by atoms with van der Waals surface area (Å²) in [5.41, 5.74) is 2.94. The molecule has 8 nitrogen and oxygen atoms in total. The van der Waals surface area contributed by atoms with E-state index in [1.807, 2.05) is 44.2 Å². The first-order valence-electron chi connectivity index (χ1n) is 9.96. The summed E-state index contributed by atoms with van der Waals surface area (Å²) in [5, 5.41) is 16.7. The molecule has 1 aliphatic rings. The number of nitrogens with zero attached hydrogens (tertiary/aromatic N) is 3. The van der Waals surface area contributed by atoms with Crippen LogP contribution in [0.2, 0.25) is 0 Å². The van der Waals surface area contributed by atoms with Crippen LogP contribution in [0.5, 0.6) is 0 Å². The summed E-state index contributed by atoms with van der Waals surface area (Å²) in [6.45, 7) is 3.90. The summed E-state index contributed by atoms with van der Waals surface area (Å²) in [4.78, 5) is 20.8. The predicted octanol–water partition coefficient (Wildman–Crippen LogP) is 4.39. The molecule has 1 fully saturated rings. The molecule has 0 spiro atoms. The van der Waals surface area contributed by atoms with Crippen molar-refractivity contribution in [2.75, 3.05) is 10.6 Å². The number of aromatic nitrogens is 4. The fourth-order valence-electron chi connectivity index (χ4n) is 3.03. The van der Waals surface area contributed by atoms with Crippen LogP contribution in [0, 0.1) is 0 Å². The molecule has 0 unspecified atom stereocenters. The quantitative estimate of drug-likeness (QED) is 0.389. The molecule has 1 saturated carbocycles. The van der Waals surface area contributed by atoms with Crippen LogP contribution in [-0.2, 0) is 11.2 Å². The van der Waals surface area contributed by atoms with Gasteiger partial charge in [0.15, 0.2) is 11.6 Å². The van der Waals surface area contributed by atoms with Gasteiger partial charge in [-0.3, -0.25) is 9.89 Å². The highest BCUT2D eigenvalue weighted by molar-refractivity contribution is 9.10. The van der Waals surface area contributed by atoms with Crippen LogP contribution in [0.25, 0.3) is 0 Å². The number of nitrogens with one attached hydrogen (secondary N) is 4. The van der Waals surface area contributed by atoms with Gasteiger partial charge in [-0.1, -0.05) is 12.1 Å². The van der Waals surface area contributed by atoms with Crippen LogP contribution < -0.4 is 16.0 Å². The third-order valence-electron chi connectivity index (χ3n) is 4.63. The Labute approximate surface area is 183 Å². The Morgan fingerprint density at radius 3 is 2.70 bits per heavy atom. The van der Waals surface area contributed by atoms with Crippen LogP contribution in [0.3, 0.4) is 0 Å². The van der Waals surface area contributed by atoms with E-state index >= 15 is 0 Å². The lowest BCUT2D eigenvalue weighted by atomic mass is 10.1. The average Bonchev–Trinajstić information content (AvgIpc) is 3.44. The molecule has 4 N–H and O–H groups in total. The lowest BCUT2D eigenvalue weighted by molar-refractivity contribution is -0.120. The lowest BCUT2D eigenvalue weighted by Crippen LogP contribution is -2.31. The molecule has 4 rings (SSSR count). The van der Waals surface area contributed by atoms with Gasteiger partial charge in [0.05, 0.1) is 10.9 Å². The van der Waals surface area contributed by atoms with Crippen LogP contribution in [-0.4, -0.2) is 32.1 Å². The van der Waals surface area contributed by atoms with Crippen molar-refractivity contribution in [3.8, 4) is 0 Å². The van der Waals surface area contributed by atoms with E-state index in [2.05, 4.69) is 52.0 Å². The van der Waals surface area contributed by atoms with Gasteiger partial charge >= 0.3 is 0 Å². The molecular weight excluding hydrogens is 446 g/mol. The van der Waals surface area contributed by atoms with Crippen LogP contribution in [0.1, 0.15) is 43.9 Å². The Morgan fingerprint density at radius 1 is 1.23 bits per heavy atom. The van der Waals surface area contributed by atoms with E-state index in [0.29, 0.717) is 24.1 Å². The molecular formula is C21H24BrN7O. The number of aromatic amines is 1. The first-order chi connectivity index (χ1) is 14.5. The van der Waals surface area contributed by atoms with E-state index in [-0.39, 0.29) is 11.9 Å². The van der Waals surface area contributed by atoms with Gasteiger partial charge in [0.1, 0.15) is 0 Å². The van der Waals surface area contributed by atoms with Crippen molar-refractivity contribution in [1.82, 2.24) is 25.5 Å². The number of hydrogen-bond donors (Lipinski definition) is 4. The van der Waals surface area contributed by atoms with Crippen molar-refractivity contribution >= 4 is 45.1 Å². The fraction of sp³-hybridized carbons (Fsp3) is 0.333. The number of amides is 1. The minimum atomic E-state index is 0.0147. The van der Waals surface area contributed by atoms with Crippen molar-refractivity contribution in [2.45, 2.75) is 45.1 Å². The Balaban J connectivity index is 1.40. The molecule has 0 bridgehead atoms. The van der Waals surface area contributed by atoms with Crippen molar-refractivity contribution < 1.29 is 4.79 Å². The molecule has 0 saturated heterocycles. The Kier molecular flexibility index (Phi) is 5.98. The number of H-pyrrole nitrogens is 1. The summed E-state index contributed by atoms with van der Waals surface area (Å²) < 4.78 is 0.746. The van der Waals surface area contributed by atoms with Crippen LogP contribution in [0.4, 0.5) is 23.3 Å². The van der Waals surface area contributed by atoms with Crippen LogP contribution >= 0.6 is 15.9 Å². The monoisotopic (exact) mass is 469 g/mol. The third kappa shape index (κ3) is 5.35. The average molecular weight is 470 g/mol. The summed E-state index contributed by atoms with van der Waals surface area (Å²) in [6, 6.07) is 9.82. The van der Waals surface area contributed by atoms with Crippen molar-refractivity contribution in [3.63, 3.8) is 0 Å². The van der Waals surface area contributed by atoms with Crippen molar-refractivity contribution in [1.29, 1.82) is 0 Å². The third-order valence-corrected chi connectivity index (χ3v) is 5.21. The van der Waals surface area contributed by atoms with E-state index < -0.39 is 0 Å². The smallest absolute Gasteiger partial charge is 0.229 e. The van der Waals surface area contributed by atoms with Crippen molar-refractivity contribution in [2.24, 2.45) is 0 Å². The number of rotatable bonds is 8. The second-order valence-electron chi connectivity index (χ2n) is 7.72. The standard InChI is InChI=1S/C21H24BrN7O/c1-12(2)24-19(30)9-13-3-7-15(8-4-13)25-21-23-11-16(22)20(27-21)26-18-10-17(28-29-18)14-5-6-14/h3-4,7-8,10-12,14H,5-6,9H2,1-2H3,(H,24,30)(H3,23,25,26,27,28,29). The molecule has 30 heavy (non-hydrogen) atoms. The largest absolute Gasteiger partial charge is 0.354 e. The van der Waals surface area contributed by atoms with E-state index in [4.69, 9.17) is 0 Å². The molecule has 9 heteroatoms. The zero-order chi connectivity index (χ0) is 21.1. The van der Waals surface area contributed by atoms with Gasteiger partial charge in [-0.05, 0) is 60.3 Å². The molecule has 1 amide bonds.